The molecule has 22 heavy (non-hydrogen) atoms. The summed E-state index contributed by atoms with van der Waals surface area (Å²) >= 11 is 9.36. The summed E-state index contributed by atoms with van der Waals surface area (Å²) in [6.07, 6.45) is 0.794. The molecule has 2 nitrogen and oxygen atoms in total. The van der Waals surface area contributed by atoms with Crippen LogP contribution in [-0.2, 0) is 11.2 Å². The second-order valence-corrected chi connectivity index (χ2v) is 8.27. The summed E-state index contributed by atoms with van der Waals surface area (Å²) in [4.78, 5) is 13.6. The van der Waals surface area contributed by atoms with E-state index in [4.69, 9.17) is 11.6 Å². The first-order valence-corrected chi connectivity index (χ1v) is 9.12. The predicted octanol–water partition coefficient (Wildman–Crippen LogP) is 5.29. The van der Waals surface area contributed by atoms with Crippen molar-refractivity contribution in [3.63, 3.8) is 0 Å². The summed E-state index contributed by atoms with van der Waals surface area (Å²) in [6.45, 7) is 1.74. The van der Waals surface area contributed by atoms with E-state index < -0.39 is 11.2 Å². The van der Waals surface area contributed by atoms with Crippen LogP contribution in [0.25, 0.3) is 0 Å². The first-order chi connectivity index (χ1) is 10.5. The van der Waals surface area contributed by atoms with Gasteiger partial charge in [0.15, 0.2) is 0 Å². The SMILES string of the molecule is C[C@@H](S[C@@H]1Cc2cc(Cl)ccc2Sc2ccccc21)C(=O)O. The molecule has 0 spiro atoms. The number of halogens is 1. The molecule has 5 heteroatoms. The molecular weight excluding hydrogens is 336 g/mol. The molecule has 0 unspecified atom stereocenters. The van der Waals surface area contributed by atoms with Gasteiger partial charge in [0.1, 0.15) is 5.25 Å². The Morgan fingerprint density at radius 1 is 1.32 bits per heavy atom. The summed E-state index contributed by atoms with van der Waals surface area (Å²) in [5, 5.41) is 9.62. The van der Waals surface area contributed by atoms with E-state index in [1.54, 1.807) is 18.7 Å². The van der Waals surface area contributed by atoms with Crippen molar-refractivity contribution in [1.82, 2.24) is 0 Å². The van der Waals surface area contributed by atoms with Crippen molar-refractivity contribution >= 4 is 41.1 Å². The van der Waals surface area contributed by atoms with E-state index in [9.17, 15) is 9.90 Å². The van der Waals surface area contributed by atoms with Crippen LogP contribution in [0.1, 0.15) is 23.3 Å². The Morgan fingerprint density at radius 3 is 2.86 bits per heavy atom. The average molecular weight is 351 g/mol. The van der Waals surface area contributed by atoms with Gasteiger partial charge in [0.05, 0.1) is 0 Å². The summed E-state index contributed by atoms with van der Waals surface area (Å²) in [5.74, 6) is -0.773. The number of carboxylic acids is 1. The summed E-state index contributed by atoms with van der Waals surface area (Å²) in [7, 11) is 0. The second kappa shape index (κ2) is 6.57. The Balaban J connectivity index is 2.02. The van der Waals surface area contributed by atoms with Gasteiger partial charge in [-0.1, -0.05) is 41.6 Å². The quantitative estimate of drug-likeness (QED) is 0.815. The number of benzene rings is 2. The van der Waals surface area contributed by atoms with E-state index in [2.05, 4.69) is 12.1 Å². The molecular formula is C17H15ClO2S2. The van der Waals surface area contributed by atoms with Crippen LogP contribution in [0.3, 0.4) is 0 Å². The van der Waals surface area contributed by atoms with E-state index in [-0.39, 0.29) is 5.25 Å². The zero-order valence-electron chi connectivity index (χ0n) is 12.0. The molecule has 1 heterocycles. The highest BCUT2D eigenvalue weighted by Gasteiger charge is 2.26. The second-order valence-electron chi connectivity index (χ2n) is 5.20. The standard InChI is InChI=1S/C17H15ClO2S2/c1-10(17(19)20)21-16-9-11-8-12(18)6-7-14(11)22-15-5-3-2-4-13(15)16/h2-8,10,16H,9H2,1H3,(H,19,20)/t10-,16-/m1/s1. The van der Waals surface area contributed by atoms with Crippen molar-refractivity contribution in [2.24, 2.45) is 0 Å². The topological polar surface area (TPSA) is 37.3 Å². The maximum absolute atomic E-state index is 11.2. The van der Waals surface area contributed by atoms with Crippen LogP contribution in [0.4, 0.5) is 0 Å². The molecule has 0 amide bonds. The molecule has 0 radical (unpaired) electrons. The van der Waals surface area contributed by atoms with Gasteiger partial charge >= 0.3 is 5.97 Å². The highest BCUT2D eigenvalue weighted by molar-refractivity contribution is 8.01. The number of aliphatic carboxylic acids is 1. The van der Waals surface area contributed by atoms with Crippen LogP contribution in [0.5, 0.6) is 0 Å². The van der Waals surface area contributed by atoms with Gasteiger partial charge in [-0.05, 0) is 48.7 Å². The van der Waals surface area contributed by atoms with Crippen molar-refractivity contribution in [3.05, 3.63) is 58.6 Å². The number of hydrogen-bond acceptors (Lipinski definition) is 3. The minimum atomic E-state index is -0.773. The number of fused-ring (bicyclic) bond motifs is 2. The van der Waals surface area contributed by atoms with Crippen LogP contribution in [0.15, 0.2) is 52.3 Å². The Kier molecular flexibility index (Phi) is 4.71. The fraction of sp³-hybridized carbons (Fsp3) is 0.235. The van der Waals surface area contributed by atoms with Crippen molar-refractivity contribution < 1.29 is 9.90 Å². The van der Waals surface area contributed by atoms with E-state index in [1.165, 1.54) is 32.7 Å². The fourth-order valence-corrected chi connectivity index (χ4v) is 5.13. The molecule has 0 fully saturated rings. The van der Waals surface area contributed by atoms with Gasteiger partial charge < -0.3 is 5.11 Å². The molecule has 2 aromatic rings. The Hall–Kier alpha value is -1.10. The highest BCUT2D eigenvalue weighted by Crippen LogP contribution is 2.47. The lowest BCUT2D eigenvalue weighted by Gasteiger charge is -2.19. The lowest BCUT2D eigenvalue weighted by molar-refractivity contribution is -0.136. The molecule has 114 valence electrons. The van der Waals surface area contributed by atoms with Crippen molar-refractivity contribution in [2.45, 2.75) is 33.6 Å². The van der Waals surface area contributed by atoms with Gasteiger partial charge in [-0.25, -0.2) is 0 Å². The molecule has 0 bridgehead atoms. The normalized spacial score (nSPS) is 18.0. The Labute approximate surface area is 143 Å². The van der Waals surface area contributed by atoms with Crippen LogP contribution in [0, 0.1) is 0 Å². The lowest BCUT2D eigenvalue weighted by atomic mass is 10.0. The molecule has 3 rings (SSSR count). The molecule has 2 aromatic carbocycles. The molecule has 0 aromatic heterocycles. The van der Waals surface area contributed by atoms with Gasteiger partial charge in [-0.3, -0.25) is 4.79 Å². The van der Waals surface area contributed by atoms with Crippen LogP contribution in [-0.4, -0.2) is 16.3 Å². The number of carboxylic acid groups (broad SMARTS) is 1. The minimum absolute atomic E-state index is 0.120. The first kappa shape index (κ1) is 15.8. The average Bonchev–Trinajstić information content (AvgIpc) is 2.63. The van der Waals surface area contributed by atoms with Crippen molar-refractivity contribution in [3.8, 4) is 0 Å². The summed E-state index contributed by atoms with van der Waals surface area (Å²) in [5.41, 5.74) is 2.39. The third kappa shape index (κ3) is 3.29. The maximum atomic E-state index is 11.2. The molecule has 1 aliphatic heterocycles. The molecule has 0 saturated heterocycles. The van der Waals surface area contributed by atoms with Crippen LogP contribution >= 0.6 is 35.1 Å². The predicted molar refractivity (Wildman–Crippen MR) is 93.2 cm³/mol. The van der Waals surface area contributed by atoms with Crippen LogP contribution < -0.4 is 0 Å². The molecule has 1 aliphatic rings. The number of carbonyl (C=O) groups is 1. The highest BCUT2D eigenvalue weighted by atomic mass is 35.5. The fourth-order valence-electron chi connectivity index (χ4n) is 2.50. The maximum Gasteiger partial charge on any atom is 0.316 e. The van der Waals surface area contributed by atoms with Gasteiger partial charge in [-0.2, -0.15) is 0 Å². The summed E-state index contributed by atoms with van der Waals surface area (Å²) in [6, 6.07) is 14.2. The summed E-state index contributed by atoms with van der Waals surface area (Å²) < 4.78 is 0. The largest absolute Gasteiger partial charge is 0.480 e. The first-order valence-electron chi connectivity index (χ1n) is 6.98. The molecule has 0 saturated carbocycles. The zero-order chi connectivity index (χ0) is 15.7. The smallest absolute Gasteiger partial charge is 0.316 e. The monoisotopic (exact) mass is 350 g/mol. The number of hydrogen-bond donors (Lipinski definition) is 1. The minimum Gasteiger partial charge on any atom is -0.480 e. The van der Waals surface area contributed by atoms with Crippen molar-refractivity contribution in [1.29, 1.82) is 0 Å². The molecule has 1 N–H and O–H groups in total. The number of rotatable bonds is 3. The third-order valence-corrected chi connectivity index (χ3v) is 6.43. The Morgan fingerprint density at radius 2 is 2.09 bits per heavy atom. The zero-order valence-corrected chi connectivity index (χ0v) is 14.3. The third-order valence-electron chi connectivity index (χ3n) is 3.63. The van der Waals surface area contributed by atoms with E-state index in [0.717, 1.165) is 11.4 Å². The van der Waals surface area contributed by atoms with Gasteiger partial charge in [-0.15, -0.1) is 11.8 Å². The van der Waals surface area contributed by atoms with Gasteiger partial charge in [0.2, 0.25) is 0 Å². The number of thioether (sulfide) groups is 1. The molecule has 0 aliphatic carbocycles. The van der Waals surface area contributed by atoms with Gasteiger partial charge in [0.25, 0.3) is 0 Å². The lowest BCUT2D eigenvalue weighted by Crippen LogP contribution is -2.14. The van der Waals surface area contributed by atoms with E-state index in [1.807, 2.05) is 30.3 Å². The van der Waals surface area contributed by atoms with E-state index in [0.29, 0.717) is 0 Å². The van der Waals surface area contributed by atoms with Crippen molar-refractivity contribution in [2.75, 3.05) is 0 Å². The van der Waals surface area contributed by atoms with Crippen LogP contribution in [0.2, 0.25) is 5.02 Å². The molecule has 2 atom stereocenters. The Bertz CT molecular complexity index is 718. The van der Waals surface area contributed by atoms with Gasteiger partial charge in [0, 0.05) is 20.1 Å². The van der Waals surface area contributed by atoms with E-state index >= 15 is 0 Å².